The second-order valence-corrected chi connectivity index (χ2v) is 5.77. The number of halogens is 1. The number of aliphatic hydroxyl groups is 1. The molecule has 3 atom stereocenters. The molecule has 2 heterocycles. The summed E-state index contributed by atoms with van der Waals surface area (Å²) in [6, 6.07) is 6.56. The predicted molar refractivity (Wildman–Crippen MR) is 76.4 cm³/mol. The highest BCUT2D eigenvalue weighted by Gasteiger charge is 2.38. The van der Waals surface area contributed by atoms with Gasteiger partial charge in [-0.2, -0.15) is 5.26 Å². The van der Waals surface area contributed by atoms with Crippen molar-refractivity contribution in [1.29, 1.82) is 5.26 Å². The summed E-state index contributed by atoms with van der Waals surface area (Å²) in [5.41, 5.74) is 1.12. The van der Waals surface area contributed by atoms with Crippen LogP contribution in [0.25, 0.3) is 0 Å². The zero-order chi connectivity index (χ0) is 14.8. The van der Waals surface area contributed by atoms with Crippen LogP contribution in [0.5, 0.6) is 0 Å². The number of hydrogen-bond donors (Lipinski definition) is 1. The molecule has 2 aliphatic rings. The van der Waals surface area contributed by atoms with E-state index in [4.69, 9.17) is 4.74 Å². The molecule has 1 aromatic carbocycles. The van der Waals surface area contributed by atoms with E-state index in [9.17, 15) is 14.8 Å². The van der Waals surface area contributed by atoms with Gasteiger partial charge in [-0.15, -0.1) is 0 Å². The molecular weight excluding hydrogens is 271 g/mol. The Morgan fingerprint density at radius 2 is 2.24 bits per heavy atom. The number of ether oxygens (including phenoxy) is 1. The zero-order valence-corrected chi connectivity index (χ0v) is 11.8. The van der Waals surface area contributed by atoms with Gasteiger partial charge in [0.05, 0.1) is 24.0 Å². The molecule has 0 aromatic heterocycles. The Balaban J connectivity index is 1.89. The average molecular weight is 290 g/mol. The predicted octanol–water partition coefficient (Wildman–Crippen LogP) is 2.06. The molecule has 0 spiro atoms. The van der Waals surface area contributed by atoms with Crippen molar-refractivity contribution < 1.29 is 14.2 Å². The molecule has 2 saturated heterocycles. The summed E-state index contributed by atoms with van der Waals surface area (Å²) in [7, 11) is 0. The summed E-state index contributed by atoms with van der Waals surface area (Å²) in [6.45, 7) is 1.98. The van der Waals surface area contributed by atoms with Gasteiger partial charge in [0.25, 0.3) is 0 Å². The van der Waals surface area contributed by atoms with Crippen LogP contribution in [0.3, 0.4) is 0 Å². The largest absolute Gasteiger partial charge is 0.393 e. The van der Waals surface area contributed by atoms with Crippen LogP contribution in [0.2, 0.25) is 0 Å². The number of aliphatic hydroxyl groups excluding tert-OH is 1. The van der Waals surface area contributed by atoms with E-state index in [1.807, 2.05) is 0 Å². The minimum Gasteiger partial charge on any atom is -0.393 e. The summed E-state index contributed by atoms with van der Waals surface area (Å²) in [5.74, 6) is -0.343. The topological polar surface area (TPSA) is 56.5 Å². The van der Waals surface area contributed by atoms with Crippen LogP contribution in [0, 0.1) is 23.1 Å². The molecule has 0 aliphatic carbocycles. The zero-order valence-electron chi connectivity index (χ0n) is 11.8. The molecule has 2 aliphatic heterocycles. The maximum Gasteiger partial charge on any atom is 0.124 e. The van der Waals surface area contributed by atoms with E-state index in [-0.39, 0.29) is 18.1 Å². The second kappa shape index (κ2) is 6.00. The lowest BCUT2D eigenvalue weighted by Gasteiger charge is -2.38. The number of anilines is 1. The summed E-state index contributed by atoms with van der Waals surface area (Å²) in [5, 5.41) is 19.5. The third kappa shape index (κ3) is 2.74. The van der Waals surface area contributed by atoms with Gasteiger partial charge in [-0.1, -0.05) is 0 Å². The summed E-state index contributed by atoms with van der Waals surface area (Å²) < 4.78 is 18.8. The van der Waals surface area contributed by atoms with Gasteiger partial charge in [-0.05, 0) is 37.5 Å². The molecule has 4 nitrogen and oxygen atoms in total. The molecule has 0 bridgehead atoms. The fourth-order valence-electron chi connectivity index (χ4n) is 3.50. The smallest absolute Gasteiger partial charge is 0.124 e. The van der Waals surface area contributed by atoms with Crippen molar-refractivity contribution >= 4 is 5.69 Å². The van der Waals surface area contributed by atoms with Crippen molar-refractivity contribution in [2.24, 2.45) is 5.92 Å². The van der Waals surface area contributed by atoms with E-state index >= 15 is 0 Å². The van der Waals surface area contributed by atoms with Gasteiger partial charge in [-0.3, -0.25) is 0 Å². The van der Waals surface area contributed by atoms with Gasteiger partial charge < -0.3 is 14.7 Å². The Morgan fingerprint density at radius 1 is 1.38 bits per heavy atom. The Labute approximate surface area is 123 Å². The number of nitriles is 1. The van der Waals surface area contributed by atoms with Crippen molar-refractivity contribution in [2.75, 3.05) is 24.7 Å². The minimum atomic E-state index is -0.396. The van der Waals surface area contributed by atoms with E-state index in [2.05, 4.69) is 11.0 Å². The van der Waals surface area contributed by atoms with Crippen molar-refractivity contribution in [3.05, 3.63) is 29.6 Å². The van der Waals surface area contributed by atoms with Crippen LogP contribution >= 0.6 is 0 Å². The fourth-order valence-corrected chi connectivity index (χ4v) is 3.50. The molecule has 0 saturated carbocycles. The quantitative estimate of drug-likeness (QED) is 0.906. The van der Waals surface area contributed by atoms with Crippen LogP contribution < -0.4 is 4.90 Å². The first-order chi connectivity index (χ1) is 10.2. The van der Waals surface area contributed by atoms with Crippen LogP contribution in [0.4, 0.5) is 10.1 Å². The van der Waals surface area contributed by atoms with Gasteiger partial charge in [0.1, 0.15) is 11.9 Å². The van der Waals surface area contributed by atoms with Gasteiger partial charge in [0.15, 0.2) is 0 Å². The summed E-state index contributed by atoms with van der Waals surface area (Å²) in [6.07, 6.45) is 2.27. The molecule has 21 heavy (non-hydrogen) atoms. The van der Waals surface area contributed by atoms with Gasteiger partial charge in [0, 0.05) is 25.1 Å². The lowest BCUT2D eigenvalue weighted by atomic mass is 9.89. The fraction of sp³-hybridized carbons (Fsp3) is 0.562. The van der Waals surface area contributed by atoms with E-state index in [1.54, 1.807) is 6.07 Å². The highest BCUT2D eigenvalue weighted by atomic mass is 19.1. The van der Waals surface area contributed by atoms with Gasteiger partial charge in [-0.25, -0.2) is 4.39 Å². The summed E-state index contributed by atoms with van der Waals surface area (Å²) >= 11 is 0. The van der Waals surface area contributed by atoms with E-state index < -0.39 is 5.82 Å². The second-order valence-electron chi connectivity index (χ2n) is 5.77. The molecule has 0 unspecified atom stereocenters. The summed E-state index contributed by atoms with van der Waals surface area (Å²) in [4.78, 5) is 2.14. The minimum absolute atomic E-state index is 0.0536. The molecule has 2 fully saturated rings. The lowest BCUT2D eigenvalue weighted by Crippen LogP contribution is -2.46. The Bertz CT molecular complexity index is 558. The Morgan fingerprint density at radius 3 is 3.00 bits per heavy atom. The molecule has 1 N–H and O–H groups in total. The Hall–Kier alpha value is -1.64. The van der Waals surface area contributed by atoms with Crippen molar-refractivity contribution in [2.45, 2.75) is 31.4 Å². The van der Waals surface area contributed by atoms with Crippen LogP contribution in [0.1, 0.15) is 24.8 Å². The molecule has 112 valence electrons. The molecule has 1 aromatic rings. The molecule has 3 rings (SSSR count). The average Bonchev–Trinajstić information content (AvgIpc) is 2.96. The van der Waals surface area contributed by atoms with Gasteiger partial charge >= 0.3 is 0 Å². The first kappa shape index (κ1) is 14.3. The third-order valence-corrected chi connectivity index (χ3v) is 4.54. The van der Waals surface area contributed by atoms with Crippen molar-refractivity contribution in [3.8, 4) is 6.07 Å². The van der Waals surface area contributed by atoms with Gasteiger partial charge in [0.2, 0.25) is 0 Å². The van der Waals surface area contributed by atoms with Crippen LogP contribution in [0.15, 0.2) is 18.2 Å². The molecular formula is C16H19FN2O2. The highest BCUT2D eigenvalue weighted by molar-refractivity contribution is 5.60. The van der Waals surface area contributed by atoms with Crippen LogP contribution in [-0.2, 0) is 4.74 Å². The normalized spacial score (nSPS) is 29.4. The number of hydrogen-bond acceptors (Lipinski definition) is 4. The van der Waals surface area contributed by atoms with Crippen molar-refractivity contribution in [1.82, 2.24) is 0 Å². The molecule has 0 amide bonds. The number of nitrogens with zero attached hydrogens (tertiary/aromatic N) is 2. The Kier molecular flexibility index (Phi) is 4.09. The maximum absolute atomic E-state index is 13.3. The number of benzene rings is 1. The first-order valence-electron chi connectivity index (χ1n) is 7.43. The van der Waals surface area contributed by atoms with Crippen molar-refractivity contribution in [3.63, 3.8) is 0 Å². The number of rotatable bonds is 2. The van der Waals surface area contributed by atoms with Crippen LogP contribution in [-0.4, -0.2) is 37.0 Å². The SMILES string of the molecule is N#Cc1cc(F)ccc1N1CCC[C@@H]1[C@@H]1COCC[C@H]1O. The van der Waals surface area contributed by atoms with E-state index in [0.29, 0.717) is 25.2 Å². The maximum atomic E-state index is 13.3. The van der Waals surface area contributed by atoms with E-state index in [0.717, 1.165) is 25.1 Å². The first-order valence-corrected chi connectivity index (χ1v) is 7.43. The highest BCUT2D eigenvalue weighted by Crippen LogP contribution is 2.35. The molecule has 0 radical (unpaired) electrons. The van der Waals surface area contributed by atoms with E-state index in [1.165, 1.54) is 12.1 Å². The third-order valence-electron chi connectivity index (χ3n) is 4.54. The monoisotopic (exact) mass is 290 g/mol. The molecule has 5 heteroatoms. The standard InChI is InChI=1S/C16H19FN2O2/c17-12-3-4-14(11(8-12)9-18)19-6-1-2-15(19)13-10-21-7-5-16(13)20/h3-4,8,13,15-16,20H,1-2,5-7,10H2/t13-,15+,16+/m0/s1. The lowest BCUT2D eigenvalue weighted by molar-refractivity contribution is -0.0437.